The average Bonchev–Trinajstić information content (AvgIpc) is 3.54. The zero-order valence-corrected chi connectivity index (χ0v) is 20.4. The SMILES string of the molecule is CC1CCCCC1NC(=O)C1CCN(c2nnc(-n3nccc3CNc3cccnc3)s2)CC1. The molecule has 2 unspecified atom stereocenters. The summed E-state index contributed by atoms with van der Waals surface area (Å²) in [5, 5.41) is 21.6. The van der Waals surface area contributed by atoms with E-state index in [2.05, 4.69) is 42.7 Å². The summed E-state index contributed by atoms with van der Waals surface area (Å²) in [4.78, 5) is 19.2. The lowest BCUT2D eigenvalue weighted by molar-refractivity contribution is -0.126. The first-order valence-electron chi connectivity index (χ1n) is 12.2. The highest BCUT2D eigenvalue weighted by Gasteiger charge is 2.30. The van der Waals surface area contributed by atoms with Crippen LogP contribution in [0.25, 0.3) is 5.13 Å². The zero-order chi connectivity index (χ0) is 23.3. The van der Waals surface area contributed by atoms with Crippen molar-refractivity contribution in [3.05, 3.63) is 42.5 Å². The van der Waals surface area contributed by atoms with Crippen molar-refractivity contribution >= 4 is 28.1 Å². The summed E-state index contributed by atoms with van der Waals surface area (Å²) >= 11 is 1.53. The first-order valence-corrected chi connectivity index (χ1v) is 13.0. The average molecular weight is 481 g/mol. The maximum absolute atomic E-state index is 12.8. The summed E-state index contributed by atoms with van der Waals surface area (Å²) in [6.45, 7) is 4.52. The number of nitrogens with zero attached hydrogens (tertiary/aromatic N) is 6. The van der Waals surface area contributed by atoms with Crippen LogP contribution in [-0.2, 0) is 11.3 Å². The van der Waals surface area contributed by atoms with Gasteiger partial charge in [0, 0.05) is 43.6 Å². The Morgan fingerprint density at radius 1 is 1.09 bits per heavy atom. The minimum absolute atomic E-state index is 0.0917. The fourth-order valence-corrected chi connectivity index (χ4v) is 5.77. The molecule has 0 aromatic carbocycles. The molecule has 0 radical (unpaired) electrons. The van der Waals surface area contributed by atoms with Crippen LogP contribution in [0.5, 0.6) is 0 Å². The number of carbonyl (C=O) groups is 1. The Kier molecular flexibility index (Phi) is 7.03. The van der Waals surface area contributed by atoms with Crippen molar-refractivity contribution in [2.24, 2.45) is 11.8 Å². The molecule has 4 heterocycles. The summed E-state index contributed by atoms with van der Waals surface area (Å²) < 4.78 is 1.83. The Hall–Kier alpha value is -3.01. The standard InChI is InChI=1S/C24H32N8OS/c1-17-5-2-3-7-21(17)28-22(33)18-9-13-31(14-10-18)23-29-30-24(34-23)32-20(8-12-27-32)16-26-19-6-4-11-25-15-19/h4,6,8,11-12,15,17-18,21,26H,2-3,5,7,9-10,13-14,16H2,1H3,(H,28,33). The molecule has 1 saturated heterocycles. The second kappa shape index (κ2) is 10.5. The lowest BCUT2D eigenvalue weighted by Gasteiger charge is -2.34. The van der Waals surface area contributed by atoms with E-state index in [0.717, 1.165) is 54.0 Å². The molecule has 1 aliphatic heterocycles. The number of hydrogen-bond acceptors (Lipinski definition) is 8. The minimum Gasteiger partial charge on any atom is -0.378 e. The number of rotatable bonds is 7. The molecule has 5 rings (SSSR count). The van der Waals surface area contributed by atoms with E-state index in [-0.39, 0.29) is 11.8 Å². The number of piperidine rings is 1. The monoisotopic (exact) mass is 480 g/mol. The van der Waals surface area contributed by atoms with Crippen molar-refractivity contribution in [3.63, 3.8) is 0 Å². The van der Waals surface area contributed by atoms with Crippen LogP contribution in [-0.4, -0.2) is 50.0 Å². The molecule has 2 atom stereocenters. The summed E-state index contributed by atoms with van der Waals surface area (Å²) in [5.41, 5.74) is 1.96. The van der Waals surface area contributed by atoms with Gasteiger partial charge in [-0.05, 0) is 49.8 Å². The predicted octanol–water partition coefficient (Wildman–Crippen LogP) is 3.64. The molecule has 2 N–H and O–H groups in total. The summed E-state index contributed by atoms with van der Waals surface area (Å²) in [5.74, 6) is 0.914. The Bertz CT molecular complexity index is 1080. The third kappa shape index (κ3) is 5.22. The zero-order valence-electron chi connectivity index (χ0n) is 19.6. The molecular weight excluding hydrogens is 448 g/mol. The molecule has 0 spiro atoms. The molecule has 0 bridgehead atoms. The van der Waals surface area contributed by atoms with Crippen LogP contribution in [0.2, 0.25) is 0 Å². The maximum Gasteiger partial charge on any atom is 0.234 e. The van der Waals surface area contributed by atoms with E-state index in [9.17, 15) is 4.79 Å². The molecular formula is C24H32N8OS. The van der Waals surface area contributed by atoms with Gasteiger partial charge in [-0.25, -0.2) is 4.68 Å². The van der Waals surface area contributed by atoms with E-state index in [1.807, 2.05) is 22.9 Å². The number of hydrogen-bond donors (Lipinski definition) is 2. The van der Waals surface area contributed by atoms with Gasteiger partial charge in [0.1, 0.15) is 0 Å². The molecule has 1 amide bonds. The molecule has 3 aromatic heterocycles. The van der Waals surface area contributed by atoms with Gasteiger partial charge in [0.05, 0.1) is 17.9 Å². The number of anilines is 2. The Labute approximate surface area is 204 Å². The first kappa shape index (κ1) is 22.8. The summed E-state index contributed by atoms with van der Waals surface area (Å²) in [6.07, 6.45) is 11.9. The van der Waals surface area contributed by atoms with Crippen LogP contribution in [0, 0.1) is 11.8 Å². The van der Waals surface area contributed by atoms with Gasteiger partial charge in [0.25, 0.3) is 0 Å². The van der Waals surface area contributed by atoms with Gasteiger partial charge in [0.2, 0.25) is 16.2 Å². The molecule has 1 saturated carbocycles. The third-order valence-electron chi connectivity index (χ3n) is 7.02. The van der Waals surface area contributed by atoms with Crippen LogP contribution in [0.4, 0.5) is 10.8 Å². The smallest absolute Gasteiger partial charge is 0.234 e. The van der Waals surface area contributed by atoms with E-state index in [1.165, 1.54) is 30.6 Å². The number of carbonyl (C=O) groups excluding carboxylic acids is 1. The van der Waals surface area contributed by atoms with Crippen molar-refractivity contribution in [1.82, 2.24) is 30.3 Å². The van der Waals surface area contributed by atoms with Crippen molar-refractivity contribution in [2.75, 3.05) is 23.3 Å². The number of aromatic nitrogens is 5. The third-order valence-corrected chi connectivity index (χ3v) is 7.98. The Morgan fingerprint density at radius 2 is 1.91 bits per heavy atom. The van der Waals surface area contributed by atoms with Gasteiger partial charge in [-0.3, -0.25) is 9.78 Å². The van der Waals surface area contributed by atoms with Crippen LogP contribution in [0.15, 0.2) is 36.8 Å². The molecule has 180 valence electrons. The predicted molar refractivity (Wildman–Crippen MR) is 133 cm³/mol. The lowest BCUT2D eigenvalue weighted by Crippen LogP contribution is -2.46. The molecule has 9 nitrogen and oxygen atoms in total. The fraction of sp³-hybridized carbons (Fsp3) is 0.542. The van der Waals surface area contributed by atoms with E-state index in [4.69, 9.17) is 0 Å². The van der Waals surface area contributed by atoms with Gasteiger partial charge >= 0.3 is 0 Å². The van der Waals surface area contributed by atoms with Crippen LogP contribution in [0.1, 0.15) is 51.1 Å². The highest BCUT2D eigenvalue weighted by molar-refractivity contribution is 7.17. The van der Waals surface area contributed by atoms with Gasteiger partial charge < -0.3 is 15.5 Å². The molecule has 34 heavy (non-hydrogen) atoms. The number of amides is 1. The highest BCUT2D eigenvalue weighted by Crippen LogP contribution is 2.29. The van der Waals surface area contributed by atoms with Crippen LogP contribution in [0.3, 0.4) is 0 Å². The summed E-state index contributed by atoms with van der Waals surface area (Å²) in [6, 6.07) is 6.21. The van der Waals surface area contributed by atoms with Gasteiger partial charge in [0.15, 0.2) is 0 Å². The number of nitrogens with one attached hydrogen (secondary N) is 2. The van der Waals surface area contributed by atoms with Crippen LogP contribution < -0.4 is 15.5 Å². The second-order valence-electron chi connectivity index (χ2n) is 9.33. The molecule has 3 aromatic rings. The Balaban J connectivity index is 1.16. The minimum atomic E-state index is 0.0917. The van der Waals surface area contributed by atoms with E-state index in [1.54, 1.807) is 18.6 Å². The topological polar surface area (TPSA) is 101 Å². The van der Waals surface area contributed by atoms with E-state index >= 15 is 0 Å². The second-order valence-corrected chi connectivity index (χ2v) is 10.3. The van der Waals surface area contributed by atoms with Crippen molar-refractivity contribution < 1.29 is 4.79 Å². The van der Waals surface area contributed by atoms with Gasteiger partial charge in [-0.2, -0.15) is 5.10 Å². The number of pyridine rings is 1. The van der Waals surface area contributed by atoms with E-state index in [0.29, 0.717) is 18.5 Å². The van der Waals surface area contributed by atoms with Crippen LogP contribution >= 0.6 is 11.3 Å². The van der Waals surface area contributed by atoms with Gasteiger partial charge in [-0.15, -0.1) is 10.2 Å². The van der Waals surface area contributed by atoms with E-state index < -0.39 is 0 Å². The fourth-order valence-electron chi connectivity index (χ4n) is 4.88. The normalized spacial score (nSPS) is 21.4. The largest absolute Gasteiger partial charge is 0.378 e. The molecule has 10 heteroatoms. The van der Waals surface area contributed by atoms with Gasteiger partial charge in [-0.1, -0.05) is 31.1 Å². The van der Waals surface area contributed by atoms with Crippen molar-refractivity contribution in [1.29, 1.82) is 0 Å². The van der Waals surface area contributed by atoms with Crippen molar-refractivity contribution in [3.8, 4) is 5.13 Å². The first-order chi connectivity index (χ1) is 16.7. The summed E-state index contributed by atoms with van der Waals surface area (Å²) in [7, 11) is 0. The highest BCUT2D eigenvalue weighted by atomic mass is 32.1. The molecule has 2 aliphatic rings. The molecule has 2 fully saturated rings. The Morgan fingerprint density at radius 3 is 2.71 bits per heavy atom. The quantitative estimate of drug-likeness (QED) is 0.532. The molecule has 1 aliphatic carbocycles. The van der Waals surface area contributed by atoms with Crippen molar-refractivity contribution in [2.45, 2.75) is 58.0 Å². The maximum atomic E-state index is 12.8. The lowest BCUT2D eigenvalue weighted by atomic mass is 9.85.